The summed E-state index contributed by atoms with van der Waals surface area (Å²) in [5, 5.41) is 12.1. The van der Waals surface area contributed by atoms with Gasteiger partial charge in [-0.3, -0.25) is 9.55 Å². The number of aromatic nitrogens is 3. The molecule has 0 bridgehead atoms. The smallest absolute Gasteiger partial charge is 0.149 e. The molecule has 8 aromatic carbocycles. The van der Waals surface area contributed by atoms with Crippen molar-refractivity contribution in [2.24, 2.45) is 0 Å². The van der Waals surface area contributed by atoms with Crippen LogP contribution in [-0.4, -0.2) is 19.6 Å². The van der Waals surface area contributed by atoms with Gasteiger partial charge in [-0.1, -0.05) is 190 Å². The van der Waals surface area contributed by atoms with Crippen molar-refractivity contribution in [2.75, 3.05) is 0 Å². The third-order valence-corrected chi connectivity index (χ3v) is 14.3. The van der Waals surface area contributed by atoms with Gasteiger partial charge in [0, 0.05) is 17.3 Å². The Kier molecular flexibility index (Phi) is 12.2. The lowest BCUT2D eigenvalue weighted by Crippen LogP contribution is -2.16. The molecule has 358 valence electrons. The Morgan fingerprint density at radius 1 is 0.389 bits per heavy atom. The van der Waals surface area contributed by atoms with Crippen LogP contribution in [0.5, 0.6) is 5.75 Å². The van der Waals surface area contributed by atoms with Crippen molar-refractivity contribution in [2.45, 2.75) is 92.4 Å². The van der Waals surface area contributed by atoms with E-state index in [9.17, 15) is 5.11 Å². The van der Waals surface area contributed by atoms with Crippen LogP contribution in [0.15, 0.2) is 188 Å². The summed E-state index contributed by atoms with van der Waals surface area (Å²) in [4.78, 5) is 10.6. The van der Waals surface area contributed by atoms with E-state index in [1.54, 1.807) is 0 Å². The molecule has 10 rings (SSSR count). The van der Waals surface area contributed by atoms with Gasteiger partial charge in [0.05, 0.1) is 28.0 Å². The Labute approximate surface area is 426 Å². The van der Waals surface area contributed by atoms with Gasteiger partial charge in [0.25, 0.3) is 0 Å². The lowest BCUT2D eigenvalue weighted by Gasteiger charge is -2.26. The molecule has 0 unspecified atom stereocenters. The van der Waals surface area contributed by atoms with E-state index in [4.69, 9.17) is 9.97 Å². The second-order valence-corrected chi connectivity index (χ2v) is 22.7. The molecule has 0 fully saturated rings. The quantitative estimate of drug-likeness (QED) is 0.165. The molecule has 0 aliphatic rings. The second-order valence-electron chi connectivity index (χ2n) is 22.7. The fraction of sp³-hybridized carbons (Fsp3) is 0.206. The molecule has 0 spiro atoms. The summed E-state index contributed by atoms with van der Waals surface area (Å²) < 4.78 is 2.26. The highest BCUT2D eigenvalue weighted by Crippen LogP contribution is 2.44. The molecule has 0 radical (unpaired) electrons. The summed E-state index contributed by atoms with van der Waals surface area (Å²) >= 11 is 0. The number of hydrogen-bond donors (Lipinski definition) is 1. The summed E-state index contributed by atoms with van der Waals surface area (Å²) in [6.07, 6.45) is 1.91. The number of nitrogens with zero attached hydrogens (tertiary/aromatic N) is 3. The van der Waals surface area contributed by atoms with E-state index in [1.165, 1.54) is 33.4 Å². The largest absolute Gasteiger partial charge is 0.507 e. The third kappa shape index (κ3) is 9.42. The minimum atomic E-state index is -0.161. The Bertz CT molecular complexity index is 3600. The fourth-order valence-corrected chi connectivity index (χ4v) is 9.87. The molecule has 0 atom stereocenters. The van der Waals surface area contributed by atoms with Crippen LogP contribution in [0.1, 0.15) is 90.1 Å². The molecule has 0 amide bonds. The van der Waals surface area contributed by atoms with E-state index in [0.29, 0.717) is 11.4 Å². The Morgan fingerprint density at radius 3 is 1.51 bits per heavy atom. The average molecular weight is 940 g/mol. The number of hydrogen-bond acceptors (Lipinski definition) is 3. The van der Waals surface area contributed by atoms with E-state index in [2.05, 4.69) is 256 Å². The third-order valence-electron chi connectivity index (χ3n) is 14.3. The Morgan fingerprint density at radius 2 is 0.903 bits per heavy atom. The van der Waals surface area contributed by atoms with Crippen LogP contribution in [0.25, 0.3) is 95.0 Å². The zero-order chi connectivity index (χ0) is 50.7. The first-order valence-electron chi connectivity index (χ1n) is 25.3. The Balaban J connectivity index is 1.16. The van der Waals surface area contributed by atoms with E-state index in [-0.39, 0.29) is 22.0 Å². The van der Waals surface area contributed by atoms with Crippen molar-refractivity contribution in [3.8, 4) is 89.7 Å². The highest BCUT2D eigenvalue weighted by atomic mass is 16.3. The van der Waals surface area contributed by atoms with E-state index >= 15 is 0 Å². The fourth-order valence-electron chi connectivity index (χ4n) is 9.87. The van der Waals surface area contributed by atoms with E-state index in [0.717, 1.165) is 78.0 Å². The van der Waals surface area contributed by atoms with Crippen molar-refractivity contribution >= 4 is 11.0 Å². The van der Waals surface area contributed by atoms with Crippen molar-refractivity contribution in [1.29, 1.82) is 0 Å². The predicted molar refractivity (Wildman–Crippen MR) is 304 cm³/mol. The number of fused-ring (bicyclic) bond motifs is 1. The number of pyridine rings is 1. The summed E-state index contributed by atoms with van der Waals surface area (Å²) in [6, 6.07) is 65.5. The van der Waals surface area contributed by atoms with E-state index < -0.39 is 0 Å². The van der Waals surface area contributed by atoms with Crippen LogP contribution in [0.4, 0.5) is 0 Å². The molecule has 2 heterocycles. The number of benzene rings is 8. The minimum Gasteiger partial charge on any atom is -0.507 e. The minimum absolute atomic E-state index is 0.00706. The molecule has 0 saturated heterocycles. The molecule has 2 aromatic heterocycles. The lowest BCUT2D eigenvalue weighted by atomic mass is 9.79. The average Bonchev–Trinajstić information content (AvgIpc) is 3.76. The van der Waals surface area contributed by atoms with Crippen LogP contribution in [0, 0.1) is 13.8 Å². The van der Waals surface area contributed by atoms with Crippen LogP contribution in [0.2, 0.25) is 0 Å². The predicted octanol–water partition coefficient (Wildman–Crippen LogP) is 18.3. The Hall–Kier alpha value is -7.82. The molecule has 4 nitrogen and oxygen atoms in total. The molecule has 0 aliphatic heterocycles. The number of rotatable bonds is 8. The summed E-state index contributed by atoms with van der Waals surface area (Å²) in [6.45, 7) is 24.6. The normalized spacial score (nSPS) is 12.2. The van der Waals surface area contributed by atoms with Crippen molar-refractivity contribution in [3.63, 3.8) is 0 Å². The van der Waals surface area contributed by atoms with Gasteiger partial charge < -0.3 is 5.11 Å². The van der Waals surface area contributed by atoms with Crippen LogP contribution in [-0.2, 0) is 16.2 Å². The molecule has 0 saturated carbocycles. The van der Waals surface area contributed by atoms with Gasteiger partial charge >= 0.3 is 0 Å². The molecule has 72 heavy (non-hydrogen) atoms. The molecular formula is C68H65N3O. The van der Waals surface area contributed by atoms with E-state index in [1.807, 2.05) is 13.1 Å². The van der Waals surface area contributed by atoms with Crippen LogP contribution < -0.4 is 0 Å². The number of para-hydroxylation sites is 1. The lowest BCUT2D eigenvalue weighted by molar-refractivity contribution is 0.471. The van der Waals surface area contributed by atoms with Gasteiger partial charge in [0.2, 0.25) is 0 Å². The second kappa shape index (κ2) is 18.4. The zero-order valence-electron chi connectivity index (χ0n) is 43.7. The monoisotopic (exact) mass is 940 g/mol. The molecule has 10 aromatic rings. The van der Waals surface area contributed by atoms with Gasteiger partial charge in [0.15, 0.2) is 0 Å². The maximum absolute atomic E-state index is 12.1. The molecule has 1 N–H and O–H groups in total. The molecule has 0 aliphatic carbocycles. The van der Waals surface area contributed by atoms with Gasteiger partial charge in [-0.15, -0.1) is 0 Å². The summed E-state index contributed by atoms with van der Waals surface area (Å²) in [7, 11) is 0. The maximum atomic E-state index is 12.1. The molecule has 4 heteroatoms. The van der Waals surface area contributed by atoms with Crippen molar-refractivity contribution < 1.29 is 5.11 Å². The topological polar surface area (TPSA) is 50.9 Å². The van der Waals surface area contributed by atoms with Gasteiger partial charge in [0.1, 0.15) is 11.6 Å². The zero-order valence-corrected chi connectivity index (χ0v) is 43.7. The number of phenolic OH excluding ortho intramolecular Hbond substituents is 1. The highest BCUT2D eigenvalue weighted by Gasteiger charge is 2.26. The van der Waals surface area contributed by atoms with Crippen LogP contribution in [0.3, 0.4) is 0 Å². The van der Waals surface area contributed by atoms with Gasteiger partial charge in [-0.2, -0.15) is 0 Å². The SMILES string of the molecule is Cc1cc(-c2cc(C(C)(C)C)cc(C(C)(C)C)c2)ccc1-n1c(-c2cc(C(C)(C)C)cc(C)c2O)nc2c(-c3cc(-c4ccccc4)cc(-c4cc(-c5ccc(-c6ccccc6)cc5)ccn4)c3)cccc21. The molecular weight excluding hydrogens is 875 g/mol. The maximum Gasteiger partial charge on any atom is 0.149 e. The number of aromatic hydroxyl groups is 1. The first kappa shape index (κ1) is 47.8. The first-order valence-corrected chi connectivity index (χ1v) is 25.3. The summed E-state index contributed by atoms with van der Waals surface area (Å²) in [5.41, 5.74) is 22.1. The number of phenols is 1. The number of imidazole rings is 1. The van der Waals surface area contributed by atoms with Gasteiger partial charge in [-0.05, 0) is 163 Å². The van der Waals surface area contributed by atoms with Crippen molar-refractivity contribution in [3.05, 3.63) is 216 Å². The highest BCUT2D eigenvalue weighted by molar-refractivity contribution is 5.98. The standard InChI is InChI=1S/C68H65N3O/c1-43-33-49(52-38-56(67(6,7)8)41-57(39-52)68(9,10)11)29-30-61(43)71-62-24-18-23-58(63(62)70-65(71)59-42-55(66(3,4)5)34-44(2)64(59)72)53-35-51(46-21-16-13-17-22-46)36-54(37-53)60-40-50(31-32-69-60)48-27-25-47(26-28-48)45-19-14-12-15-20-45/h12-42,72H,1-11H3. The van der Waals surface area contributed by atoms with Crippen molar-refractivity contribution in [1.82, 2.24) is 14.5 Å². The summed E-state index contributed by atoms with van der Waals surface area (Å²) in [5.74, 6) is 0.926. The first-order chi connectivity index (χ1) is 34.3. The number of aryl methyl sites for hydroxylation is 2. The van der Waals surface area contributed by atoms with Crippen LogP contribution >= 0.6 is 0 Å². The van der Waals surface area contributed by atoms with Gasteiger partial charge in [-0.25, -0.2) is 4.98 Å².